The van der Waals surface area contributed by atoms with E-state index in [9.17, 15) is 9.59 Å². The largest absolute Gasteiger partial charge is 0.480 e. The van der Waals surface area contributed by atoms with E-state index in [4.69, 9.17) is 15.6 Å². The third-order valence-electron chi connectivity index (χ3n) is 1.61. The van der Waals surface area contributed by atoms with Crippen LogP contribution >= 0.6 is 12.6 Å². The molecule has 3 N–H and O–H groups in total. The molecular weight excluding hydrogens is 206 g/mol. The first-order valence-corrected chi connectivity index (χ1v) is 4.85. The zero-order chi connectivity index (χ0) is 11.1. The molecule has 0 aliphatic heterocycles. The van der Waals surface area contributed by atoms with E-state index < -0.39 is 23.2 Å². The molecule has 0 saturated carbocycles. The van der Waals surface area contributed by atoms with Gasteiger partial charge in [0, 0.05) is 0 Å². The number of carbonyl (C=O) groups is 2. The van der Waals surface area contributed by atoms with E-state index in [-0.39, 0.29) is 6.61 Å². The van der Waals surface area contributed by atoms with E-state index in [1.807, 2.05) is 6.92 Å². The summed E-state index contributed by atoms with van der Waals surface area (Å²) in [6.45, 7) is 2.23. The lowest BCUT2D eigenvalue weighted by Crippen LogP contribution is -2.43. The van der Waals surface area contributed by atoms with Gasteiger partial charge >= 0.3 is 11.9 Å². The van der Waals surface area contributed by atoms with Gasteiger partial charge in [0.1, 0.15) is 11.3 Å². The highest BCUT2D eigenvalue weighted by Crippen LogP contribution is 2.04. The number of ether oxygens (including phenoxy) is 1. The Morgan fingerprint density at radius 3 is 2.57 bits per heavy atom. The van der Waals surface area contributed by atoms with Gasteiger partial charge in [0.2, 0.25) is 0 Å². The monoisotopic (exact) mass is 221 g/mol. The van der Waals surface area contributed by atoms with Crippen molar-refractivity contribution in [1.29, 1.82) is 0 Å². The van der Waals surface area contributed by atoms with Crippen molar-refractivity contribution in [3.8, 4) is 0 Å². The van der Waals surface area contributed by atoms with Gasteiger partial charge in [0.15, 0.2) is 0 Å². The number of hydrogen-bond acceptors (Lipinski definition) is 5. The van der Waals surface area contributed by atoms with Crippen LogP contribution in [0.15, 0.2) is 0 Å². The van der Waals surface area contributed by atoms with E-state index in [0.717, 1.165) is 12.8 Å². The van der Waals surface area contributed by atoms with Crippen molar-refractivity contribution < 1.29 is 19.4 Å². The molecule has 0 aliphatic carbocycles. The van der Waals surface area contributed by atoms with Crippen LogP contribution in [0.2, 0.25) is 0 Å². The minimum Gasteiger partial charge on any atom is -0.480 e. The SMILES string of the molecule is CCCCOC(=O)C(S)[C@H](N)C(=O)O. The Labute approximate surface area is 88.0 Å². The van der Waals surface area contributed by atoms with Gasteiger partial charge in [-0.3, -0.25) is 9.59 Å². The highest BCUT2D eigenvalue weighted by molar-refractivity contribution is 7.81. The molecule has 0 rings (SSSR count). The fourth-order valence-corrected chi connectivity index (χ4v) is 0.886. The van der Waals surface area contributed by atoms with Crippen LogP contribution in [0.3, 0.4) is 0 Å². The van der Waals surface area contributed by atoms with Crippen LogP contribution in [0.4, 0.5) is 0 Å². The minimum atomic E-state index is -1.33. The molecule has 0 amide bonds. The quantitative estimate of drug-likeness (QED) is 0.335. The molecule has 14 heavy (non-hydrogen) atoms. The maximum Gasteiger partial charge on any atom is 0.322 e. The standard InChI is InChI=1S/C8H15NO4S/c1-2-3-4-13-8(12)6(14)5(9)7(10)11/h5-6,14H,2-4,9H2,1H3,(H,10,11)/t5-,6?/m0/s1. The van der Waals surface area contributed by atoms with Gasteiger partial charge in [0.05, 0.1) is 6.61 Å². The number of carboxylic acids is 1. The maximum absolute atomic E-state index is 11.1. The van der Waals surface area contributed by atoms with Crippen LogP contribution in [0.25, 0.3) is 0 Å². The van der Waals surface area contributed by atoms with Crippen LogP contribution in [0, 0.1) is 0 Å². The smallest absolute Gasteiger partial charge is 0.322 e. The maximum atomic E-state index is 11.1. The number of thiol groups is 1. The van der Waals surface area contributed by atoms with E-state index in [1.165, 1.54) is 0 Å². The fraction of sp³-hybridized carbons (Fsp3) is 0.750. The van der Waals surface area contributed by atoms with E-state index >= 15 is 0 Å². The normalized spacial score (nSPS) is 14.5. The molecule has 0 spiro atoms. The van der Waals surface area contributed by atoms with Crippen molar-refractivity contribution in [2.45, 2.75) is 31.1 Å². The topological polar surface area (TPSA) is 89.6 Å². The van der Waals surface area contributed by atoms with Gasteiger partial charge in [0.25, 0.3) is 0 Å². The average molecular weight is 221 g/mol. The predicted molar refractivity (Wildman–Crippen MR) is 54.3 cm³/mol. The molecule has 0 aromatic carbocycles. The van der Waals surface area contributed by atoms with Crippen molar-refractivity contribution in [1.82, 2.24) is 0 Å². The van der Waals surface area contributed by atoms with Gasteiger partial charge in [-0.05, 0) is 6.42 Å². The summed E-state index contributed by atoms with van der Waals surface area (Å²) in [5.41, 5.74) is 5.19. The highest BCUT2D eigenvalue weighted by atomic mass is 32.1. The van der Waals surface area contributed by atoms with Gasteiger partial charge in [-0.15, -0.1) is 0 Å². The molecule has 0 aromatic heterocycles. The number of carboxylic acid groups (broad SMARTS) is 1. The third kappa shape index (κ3) is 4.48. The minimum absolute atomic E-state index is 0.277. The number of aliphatic carboxylic acids is 1. The molecule has 0 bridgehead atoms. The molecule has 6 heteroatoms. The second-order valence-corrected chi connectivity index (χ2v) is 3.39. The summed E-state index contributed by atoms with van der Waals surface area (Å²) >= 11 is 3.78. The molecule has 0 fully saturated rings. The number of carbonyl (C=O) groups excluding carboxylic acids is 1. The molecule has 0 saturated heterocycles. The van der Waals surface area contributed by atoms with Crippen molar-refractivity contribution >= 4 is 24.6 Å². The molecule has 1 unspecified atom stereocenters. The van der Waals surface area contributed by atoms with Gasteiger partial charge < -0.3 is 15.6 Å². The van der Waals surface area contributed by atoms with Crippen molar-refractivity contribution in [2.24, 2.45) is 5.73 Å². The molecule has 5 nitrogen and oxygen atoms in total. The molecule has 0 aromatic rings. The zero-order valence-corrected chi connectivity index (χ0v) is 8.87. The summed E-state index contributed by atoms with van der Waals surface area (Å²) < 4.78 is 4.76. The van der Waals surface area contributed by atoms with Crippen molar-refractivity contribution in [3.05, 3.63) is 0 Å². The van der Waals surface area contributed by atoms with Crippen molar-refractivity contribution in [2.75, 3.05) is 6.61 Å². The molecular formula is C8H15NO4S. The summed E-state index contributed by atoms with van der Waals surface area (Å²) in [6, 6.07) is -1.33. The Balaban J connectivity index is 3.92. The molecule has 0 heterocycles. The van der Waals surface area contributed by atoms with Gasteiger partial charge in [-0.1, -0.05) is 13.3 Å². The van der Waals surface area contributed by atoms with Crippen LogP contribution in [0.1, 0.15) is 19.8 Å². The molecule has 82 valence electrons. The lowest BCUT2D eigenvalue weighted by Gasteiger charge is -2.13. The fourth-order valence-electron chi connectivity index (χ4n) is 0.684. The number of nitrogens with two attached hydrogens (primary N) is 1. The van der Waals surface area contributed by atoms with Crippen LogP contribution < -0.4 is 5.73 Å². The second kappa shape index (κ2) is 6.67. The van der Waals surface area contributed by atoms with E-state index in [1.54, 1.807) is 0 Å². The van der Waals surface area contributed by atoms with Crippen LogP contribution in [-0.4, -0.2) is 34.9 Å². The lowest BCUT2D eigenvalue weighted by atomic mass is 10.2. The Morgan fingerprint density at radius 2 is 2.14 bits per heavy atom. The third-order valence-corrected chi connectivity index (χ3v) is 2.14. The average Bonchev–Trinajstić information content (AvgIpc) is 2.15. The first-order valence-electron chi connectivity index (χ1n) is 4.33. The number of rotatable bonds is 6. The number of unbranched alkanes of at least 4 members (excludes halogenated alkanes) is 1. The summed E-state index contributed by atoms with van der Waals surface area (Å²) in [5.74, 6) is -1.95. The summed E-state index contributed by atoms with van der Waals surface area (Å²) in [4.78, 5) is 21.5. The number of hydrogen-bond donors (Lipinski definition) is 3. The van der Waals surface area contributed by atoms with Crippen LogP contribution in [-0.2, 0) is 14.3 Å². The Hall–Kier alpha value is -0.750. The Morgan fingerprint density at radius 1 is 1.57 bits per heavy atom. The van der Waals surface area contributed by atoms with E-state index in [2.05, 4.69) is 12.6 Å². The molecule has 0 aliphatic rings. The highest BCUT2D eigenvalue weighted by Gasteiger charge is 2.28. The lowest BCUT2D eigenvalue weighted by molar-refractivity contribution is -0.148. The summed E-state index contributed by atoms with van der Waals surface area (Å²) in [5, 5.41) is 7.38. The van der Waals surface area contributed by atoms with Gasteiger partial charge in [-0.2, -0.15) is 12.6 Å². The Kier molecular flexibility index (Phi) is 6.31. The van der Waals surface area contributed by atoms with Crippen LogP contribution in [0.5, 0.6) is 0 Å². The summed E-state index contributed by atoms with van der Waals surface area (Å²) in [6.07, 6.45) is 1.64. The van der Waals surface area contributed by atoms with E-state index in [0.29, 0.717) is 0 Å². The first-order chi connectivity index (χ1) is 6.50. The van der Waals surface area contributed by atoms with Crippen molar-refractivity contribution in [3.63, 3.8) is 0 Å². The van der Waals surface area contributed by atoms with Gasteiger partial charge in [-0.25, -0.2) is 0 Å². The predicted octanol–water partition coefficient (Wildman–Crippen LogP) is 0.0400. The molecule has 2 atom stereocenters. The Bertz CT molecular complexity index is 210. The first kappa shape index (κ1) is 13.2. The summed E-state index contributed by atoms with van der Waals surface area (Å²) in [7, 11) is 0. The number of esters is 1. The second-order valence-electron chi connectivity index (χ2n) is 2.83. The molecule has 0 radical (unpaired) electrons. The zero-order valence-electron chi connectivity index (χ0n) is 7.97.